The Bertz CT molecular complexity index is 1190. The number of amides is 5. The first-order valence-corrected chi connectivity index (χ1v) is 19.1. The van der Waals surface area contributed by atoms with Gasteiger partial charge in [0.2, 0.25) is 29.5 Å². The molecule has 0 bridgehead atoms. The number of hydrogen-bond acceptors (Lipinski definition) is 11. The van der Waals surface area contributed by atoms with Crippen molar-refractivity contribution < 1.29 is 62.8 Å². The molecule has 0 rings (SSSR count). The maximum absolute atomic E-state index is 13.4. The molecule has 5 amide bonds. The smallest absolute Gasteiger partial charge is 0.306 e. The molecule has 2 atom stereocenters. The molecule has 0 aromatic carbocycles. The summed E-state index contributed by atoms with van der Waals surface area (Å²) >= 11 is 14.0. The second kappa shape index (κ2) is 31.0. The topological polar surface area (TPSA) is 264 Å². The maximum atomic E-state index is 13.4. The predicted octanol–water partition coefficient (Wildman–Crippen LogP) is -0.0114. The Labute approximate surface area is 326 Å². The summed E-state index contributed by atoms with van der Waals surface area (Å²) in [6.45, 7) is 0.00784. The fraction of sp³-hybridized carbons (Fsp3) is 0.719. The van der Waals surface area contributed by atoms with Crippen LogP contribution in [0.1, 0.15) is 57.8 Å². The molecule has 0 saturated heterocycles. The van der Waals surface area contributed by atoms with Crippen molar-refractivity contribution in [1.82, 2.24) is 26.2 Å². The predicted molar refractivity (Wildman–Crippen MR) is 195 cm³/mol. The first-order chi connectivity index (χ1) is 25.2. The number of nitrogens with zero attached hydrogens (tertiary/aromatic N) is 1. The van der Waals surface area contributed by atoms with Crippen LogP contribution in [0.25, 0.3) is 0 Å². The Hall–Kier alpha value is -3.39. The average molecular weight is 864 g/mol. The van der Waals surface area contributed by atoms with Crippen molar-refractivity contribution in [3.05, 3.63) is 0 Å². The number of alkyl halides is 3. The van der Waals surface area contributed by atoms with E-state index in [0.717, 1.165) is 0 Å². The van der Waals surface area contributed by atoms with E-state index in [-0.39, 0.29) is 88.8 Å². The first-order valence-electron chi connectivity index (χ1n) is 16.9. The van der Waals surface area contributed by atoms with Gasteiger partial charge in [-0.3, -0.25) is 43.2 Å². The van der Waals surface area contributed by atoms with E-state index in [2.05, 4.69) is 37.2 Å². The van der Waals surface area contributed by atoms with Gasteiger partial charge < -0.3 is 45.9 Å². The van der Waals surface area contributed by atoms with Crippen LogP contribution in [0.5, 0.6) is 0 Å². The highest BCUT2D eigenvalue weighted by Crippen LogP contribution is 2.14. The third kappa shape index (κ3) is 26.9. The van der Waals surface area contributed by atoms with Crippen LogP contribution in [-0.4, -0.2) is 150 Å². The molecular weight excluding hydrogens is 813 g/mol. The molecule has 302 valence electrons. The molecule has 53 heavy (non-hydrogen) atoms. The van der Waals surface area contributed by atoms with Crippen LogP contribution in [0.3, 0.4) is 0 Å². The summed E-state index contributed by atoms with van der Waals surface area (Å²) < 4.78 is 10.6. The average Bonchev–Trinajstić information content (AvgIpc) is 3.12. The number of unbranched alkanes of at least 4 members (excludes halogenated alkanes) is 1. The van der Waals surface area contributed by atoms with E-state index >= 15 is 0 Å². The van der Waals surface area contributed by atoms with Gasteiger partial charge in [-0.15, -0.1) is 23.2 Å². The molecule has 0 saturated carbocycles. The summed E-state index contributed by atoms with van der Waals surface area (Å²) in [6, 6.07) is -1.34. The van der Waals surface area contributed by atoms with Crippen LogP contribution in [0, 0.1) is 5.92 Å². The monoisotopic (exact) mass is 861 g/mol. The Morgan fingerprint density at radius 3 is 1.81 bits per heavy atom. The number of hydrogen-bond donors (Lipinski definition) is 6. The Balaban J connectivity index is 4.85. The number of ketones is 2. The van der Waals surface area contributed by atoms with E-state index < -0.39 is 79.2 Å². The van der Waals surface area contributed by atoms with Crippen LogP contribution in [0.4, 0.5) is 0 Å². The largest absolute Gasteiger partial charge is 0.481 e. The molecule has 0 radical (unpaired) electrons. The highest BCUT2D eigenvalue weighted by atomic mass is 79.9. The van der Waals surface area contributed by atoms with Crippen molar-refractivity contribution in [3.63, 3.8) is 0 Å². The summed E-state index contributed by atoms with van der Waals surface area (Å²) in [7, 11) is 0. The number of halogens is 3. The fourth-order valence-electron chi connectivity index (χ4n) is 4.48. The third-order valence-electron chi connectivity index (χ3n) is 7.25. The van der Waals surface area contributed by atoms with Crippen LogP contribution < -0.4 is 21.3 Å². The molecule has 0 aliphatic rings. The number of ether oxygens (including phenoxy) is 2. The number of nitrogens with one attached hydrogen (secondary N) is 4. The maximum Gasteiger partial charge on any atom is 0.306 e. The van der Waals surface area contributed by atoms with E-state index in [1.54, 1.807) is 0 Å². The van der Waals surface area contributed by atoms with E-state index in [4.69, 9.17) is 32.7 Å². The molecule has 0 aromatic heterocycles. The lowest BCUT2D eigenvalue weighted by Crippen LogP contribution is -2.52. The van der Waals surface area contributed by atoms with E-state index in [9.17, 15) is 53.4 Å². The Morgan fingerprint density at radius 2 is 1.25 bits per heavy atom. The van der Waals surface area contributed by atoms with Crippen molar-refractivity contribution in [2.45, 2.75) is 63.8 Å². The molecule has 18 nitrogen and oxygen atoms in total. The minimum absolute atomic E-state index is 0.0301. The highest BCUT2D eigenvalue weighted by molar-refractivity contribution is 9.09. The van der Waals surface area contributed by atoms with Gasteiger partial charge in [0.25, 0.3) is 0 Å². The minimum Gasteiger partial charge on any atom is -0.481 e. The van der Waals surface area contributed by atoms with Crippen molar-refractivity contribution in [2.75, 3.05) is 76.2 Å². The molecule has 6 N–H and O–H groups in total. The SMILES string of the molecule is O=C(O)CC[C@H](NC(=O)CC[C@@H](CC(=O)COCCOCCNC(=O)CCCCC(=O)CBr)C(=O)O)C(=O)N(CCNC(=O)CCl)CCNC(=O)CCl. The first kappa shape index (κ1) is 49.6. The van der Waals surface area contributed by atoms with E-state index in [1.165, 1.54) is 4.90 Å². The molecule has 0 fully saturated rings. The molecule has 21 heteroatoms. The number of rotatable bonds is 33. The quantitative estimate of drug-likeness (QED) is 0.0375. The molecular formula is C32H50BrCl2N5O13. The van der Waals surface area contributed by atoms with Crippen molar-refractivity contribution in [3.8, 4) is 0 Å². The Morgan fingerprint density at radius 1 is 0.660 bits per heavy atom. The summed E-state index contributed by atoms with van der Waals surface area (Å²) in [5, 5.41) is 29.2. The molecule has 0 heterocycles. The van der Waals surface area contributed by atoms with Crippen LogP contribution in [-0.2, 0) is 52.6 Å². The van der Waals surface area contributed by atoms with Crippen molar-refractivity contribution in [1.29, 1.82) is 0 Å². The highest BCUT2D eigenvalue weighted by Gasteiger charge is 2.28. The van der Waals surface area contributed by atoms with Crippen molar-refractivity contribution in [2.24, 2.45) is 5.92 Å². The van der Waals surface area contributed by atoms with Gasteiger partial charge in [0.1, 0.15) is 30.2 Å². The van der Waals surface area contributed by atoms with Gasteiger partial charge in [0.15, 0.2) is 5.78 Å². The van der Waals surface area contributed by atoms with Gasteiger partial charge in [-0.1, -0.05) is 15.9 Å². The van der Waals surface area contributed by atoms with Gasteiger partial charge in [0, 0.05) is 64.8 Å². The van der Waals surface area contributed by atoms with E-state index in [1.807, 2.05) is 0 Å². The van der Waals surface area contributed by atoms with Gasteiger partial charge in [-0.25, -0.2) is 0 Å². The van der Waals surface area contributed by atoms with Gasteiger partial charge >= 0.3 is 11.9 Å². The van der Waals surface area contributed by atoms with Gasteiger partial charge in [0.05, 0.1) is 31.1 Å². The molecule has 0 aliphatic carbocycles. The normalized spacial score (nSPS) is 11.8. The summed E-state index contributed by atoms with van der Waals surface area (Å²) in [5.41, 5.74) is 0. The Kier molecular flexibility index (Phi) is 29.0. The van der Waals surface area contributed by atoms with Crippen LogP contribution in [0.2, 0.25) is 0 Å². The summed E-state index contributed by atoms with van der Waals surface area (Å²) in [5.74, 6) is -7.54. The number of carbonyl (C=O) groups excluding carboxylic acids is 7. The minimum atomic E-state index is -1.34. The molecule has 0 spiro atoms. The second-order valence-corrected chi connectivity index (χ2v) is 12.7. The number of carboxylic acids is 2. The zero-order valence-corrected chi connectivity index (χ0v) is 32.6. The summed E-state index contributed by atoms with van der Waals surface area (Å²) in [4.78, 5) is 109. The number of aliphatic carboxylic acids is 2. The van der Waals surface area contributed by atoms with Crippen LogP contribution >= 0.6 is 39.1 Å². The number of carbonyl (C=O) groups is 9. The van der Waals surface area contributed by atoms with E-state index in [0.29, 0.717) is 31.0 Å². The van der Waals surface area contributed by atoms with Gasteiger partial charge in [-0.2, -0.15) is 0 Å². The lowest BCUT2D eigenvalue weighted by atomic mass is 9.97. The standard InChI is InChI=1S/C32H50BrCl2N5O13/c33-18-23(41)3-1-2-4-26(43)38-11-14-52-15-16-53-21-24(42)17-22(32(50)51)5-7-27(44)39-25(6-8-30(47)48)31(49)40(12-9-36-28(45)19-34)13-10-37-29(46)20-35/h22,25H,1-21H2,(H,36,45)(H,37,46)(H,38,43)(H,39,44)(H,47,48)(H,50,51)/t22-,25-/m0/s1. The number of carboxylic acid groups (broad SMARTS) is 2. The van der Waals surface area contributed by atoms with Crippen LogP contribution in [0.15, 0.2) is 0 Å². The molecule has 0 unspecified atom stereocenters. The zero-order chi connectivity index (χ0) is 40.0. The lowest BCUT2D eigenvalue weighted by Gasteiger charge is -2.28. The van der Waals surface area contributed by atoms with Gasteiger partial charge in [-0.05, 0) is 25.7 Å². The fourth-order valence-corrected chi connectivity index (χ4v) is 4.95. The zero-order valence-electron chi connectivity index (χ0n) is 29.5. The second-order valence-electron chi connectivity index (χ2n) is 11.6. The summed E-state index contributed by atoms with van der Waals surface area (Å²) in [6.07, 6.45) is 0.0397. The lowest BCUT2D eigenvalue weighted by molar-refractivity contribution is -0.145. The number of Topliss-reactive ketones (excluding diaryl/α,β-unsaturated/α-hetero) is 2. The van der Waals surface area contributed by atoms with Crippen molar-refractivity contribution >= 4 is 92.2 Å². The molecule has 0 aliphatic heterocycles. The third-order valence-corrected chi connectivity index (χ3v) is 8.36. The molecule has 0 aromatic rings.